The van der Waals surface area contributed by atoms with Crippen LogP contribution < -0.4 is 15.4 Å². The second kappa shape index (κ2) is 9.06. The number of carbonyl (C=O) groups is 3. The van der Waals surface area contributed by atoms with Crippen molar-refractivity contribution in [1.82, 2.24) is 25.2 Å². The van der Waals surface area contributed by atoms with Crippen LogP contribution in [0.25, 0.3) is 5.65 Å². The van der Waals surface area contributed by atoms with Gasteiger partial charge in [0.1, 0.15) is 23.7 Å². The lowest BCUT2D eigenvalue weighted by Gasteiger charge is -2.17. The second-order valence-corrected chi connectivity index (χ2v) is 9.32. The summed E-state index contributed by atoms with van der Waals surface area (Å²) in [5.41, 5.74) is 2.37. The molecule has 0 atom stereocenters. The summed E-state index contributed by atoms with van der Waals surface area (Å²) in [7, 11) is 0. The molecule has 1 aliphatic rings. The number of thiophene rings is 1. The van der Waals surface area contributed by atoms with E-state index in [0.717, 1.165) is 16.0 Å². The molecule has 1 aliphatic heterocycles. The highest BCUT2D eigenvalue weighted by Crippen LogP contribution is 2.24. The van der Waals surface area contributed by atoms with Gasteiger partial charge in [0.15, 0.2) is 11.4 Å². The zero-order valence-electron chi connectivity index (χ0n) is 18.3. The van der Waals surface area contributed by atoms with Crippen molar-refractivity contribution in [2.75, 3.05) is 6.61 Å². The van der Waals surface area contributed by atoms with Crippen LogP contribution in [-0.2, 0) is 24.3 Å². The van der Waals surface area contributed by atoms with E-state index in [4.69, 9.17) is 4.74 Å². The lowest BCUT2D eigenvalue weighted by Crippen LogP contribution is -2.28. The molecule has 0 spiro atoms. The van der Waals surface area contributed by atoms with Crippen LogP contribution in [0.5, 0.6) is 5.75 Å². The van der Waals surface area contributed by atoms with Gasteiger partial charge in [-0.05, 0) is 36.8 Å². The molecule has 9 nitrogen and oxygen atoms in total. The summed E-state index contributed by atoms with van der Waals surface area (Å²) >= 11 is 1.61. The lowest BCUT2D eigenvalue weighted by atomic mass is 10.0. The SMILES string of the molecule is Cc1ccc(CNC(=O)c2cc(C(=O)NCc3ccc4c(c3)CC(=O)CO4)nc3ccnn23)s1. The third kappa shape index (κ3) is 4.53. The molecule has 0 saturated carbocycles. The van der Waals surface area contributed by atoms with Crippen molar-refractivity contribution in [2.24, 2.45) is 0 Å². The van der Waals surface area contributed by atoms with Gasteiger partial charge in [0.05, 0.1) is 12.7 Å². The van der Waals surface area contributed by atoms with Gasteiger partial charge in [0.25, 0.3) is 11.8 Å². The number of amides is 2. The summed E-state index contributed by atoms with van der Waals surface area (Å²) in [6, 6.07) is 12.5. The van der Waals surface area contributed by atoms with E-state index < -0.39 is 5.91 Å². The zero-order valence-corrected chi connectivity index (χ0v) is 19.1. The average Bonchev–Trinajstić information content (AvgIpc) is 3.48. The number of benzene rings is 1. The normalized spacial score (nSPS) is 12.8. The molecule has 3 aromatic heterocycles. The fourth-order valence-corrected chi connectivity index (χ4v) is 4.58. The van der Waals surface area contributed by atoms with Gasteiger partial charge in [-0.3, -0.25) is 14.4 Å². The van der Waals surface area contributed by atoms with Gasteiger partial charge in [-0.15, -0.1) is 11.3 Å². The van der Waals surface area contributed by atoms with Crippen molar-refractivity contribution >= 4 is 34.6 Å². The lowest BCUT2D eigenvalue weighted by molar-refractivity contribution is -0.121. The van der Waals surface area contributed by atoms with Crippen LogP contribution in [0.2, 0.25) is 0 Å². The van der Waals surface area contributed by atoms with Crippen molar-refractivity contribution < 1.29 is 19.1 Å². The molecule has 0 saturated heterocycles. The highest BCUT2D eigenvalue weighted by Gasteiger charge is 2.19. The fraction of sp³-hybridized carbons (Fsp3) is 0.208. The van der Waals surface area contributed by atoms with E-state index in [1.54, 1.807) is 23.5 Å². The van der Waals surface area contributed by atoms with Gasteiger partial charge in [0.2, 0.25) is 0 Å². The third-order valence-electron chi connectivity index (χ3n) is 5.40. The minimum absolute atomic E-state index is 0.0204. The Morgan fingerprint density at radius 2 is 1.94 bits per heavy atom. The number of nitrogens with zero attached hydrogens (tertiary/aromatic N) is 3. The monoisotopic (exact) mass is 475 g/mol. The predicted molar refractivity (Wildman–Crippen MR) is 125 cm³/mol. The molecule has 1 aromatic carbocycles. The number of ether oxygens (including phenoxy) is 1. The Bertz CT molecular complexity index is 1420. The summed E-state index contributed by atoms with van der Waals surface area (Å²) in [4.78, 5) is 43.9. The summed E-state index contributed by atoms with van der Waals surface area (Å²) in [5.74, 6) is -0.0601. The molecule has 4 aromatic rings. The molecular formula is C24H21N5O4S. The Labute approximate surface area is 198 Å². The van der Waals surface area contributed by atoms with E-state index in [1.165, 1.54) is 21.7 Å². The first-order chi connectivity index (χ1) is 16.5. The maximum atomic E-state index is 12.9. The van der Waals surface area contributed by atoms with E-state index in [-0.39, 0.29) is 36.2 Å². The first-order valence-corrected chi connectivity index (χ1v) is 11.5. The number of hydrogen-bond donors (Lipinski definition) is 2. The largest absolute Gasteiger partial charge is 0.486 e. The van der Waals surface area contributed by atoms with Crippen LogP contribution in [0.1, 0.15) is 41.9 Å². The zero-order chi connectivity index (χ0) is 23.7. The van der Waals surface area contributed by atoms with Crippen molar-refractivity contribution in [2.45, 2.75) is 26.4 Å². The summed E-state index contributed by atoms with van der Waals surface area (Å²) < 4.78 is 6.82. The number of aryl methyl sites for hydroxylation is 1. The Balaban J connectivity index is 1.31. The summed E-state index contributed by atoms with van der Waals surface area (Å²) in [6.07, 6.45) is 1.85. The molecular weight excluding hydrogens is 454 g/mol. The predicted octanol–water partition coefficient (Wildman–Crippen LogP) is 2.46. The maximum absolute atomic E-state index is 12.9. The highest BCUT2D eigenvalue weighted by molar-refractivity contribution is 7.11. The van der Waals surface area contributed by atoms with E-state index in [2.05, 4.69) is 20.7 Å². The Kier molecular flexibility index (Phi) is 5.81. The summed E-state index contributed by atoms with van der Waals surface area (Å²) in [6.45, 7) is 2.73. The van der Waals surface area contributed by atoms with Gasteiger partial charge in [-0.25, -0.2) is 9.50 Å². The van der Waals surface area contributed by atoms with Crippen LogP contribution in [0.4, 0.5) is 0 Å². The standard InChI is InChI=1S/C24H21N5O4S/c1-14-2-4-18(34-14)12-26-24(32)20-10-19(28-22-6-7-27-29(20)22)23(31)25-11-15-3-5-21-16(8-15)9-17(30)13-33-21/h2-8,10H,9,11-13H2,1H3,(H,25,31)(H,26,32). The van der Waals surface area contributed by atoms with Gasteiger partial charge < -0.3 is 15.4 Å². The van der Waals surface area contributed by atoms with E-state index >= 15 is 0 Å². The molecule has 172 valence electrons. The molecule has 0 fully saturated rings. The quantitative estimate of drug-likeness (QED) is 0.443. The number of fused-ring (bicyclic) bond motifs is 2. The number of ketones is 1. The number of rotatable bonds is 6. The van der Waals surface area contributed by atoms with Crippen molar-refractivity contribution in [3.8, 4) is 5.75 Å². The number of carbonyl (C=O) groups excluding carboxylic acids is 3. The average molecular weight is 476 g/mol. The van der Waals surface area contributed by atoms with E-state index in [9.17, 15) is 14.4 Å². The first kappa shape index (κ1) is 21.8. The van der Waals surface area contributed by atoms with Crippen molar-refractivity contribution in [3.63, 3.8) is 0 Å². The van der Waals surface area contributed by atoms with Crippen LogP contribution in [0.15, 0.2) is 48.7 Å². The Morgan fingerprint density at radius 1 is 1.09 bits per heavy atom. The first-order valence-electron chi connectivity index (χ1n) is 10.7. The molecule has 5 rings (SSSR count). The molecule has 0 aliphatic carbocycles. The van der Waals surface area contributed by atoms with Crippen LogP contribution >= 0.6 is 11.3 Å². The molecule has 4 heterocycles. The van der Waals surface area contributed by atoms with Gasteiger partial charge in [-0.1, -0.05) is 6.07 Å². The van der Waals surface area contributed by atoms with Gasteiger partial charge in [0, 0.05) is 40.4 Å². The smallest absolute Gasteiger partial charge is 0.270 e. The number of nitrogens with one attached hydrogen (secondary N) is 2. The van der Waals surface area contributed by atoms with E-state index in [1.807, 2.05) is 31.2 Å². The van der Waals surface area contributed by atoms with Crippen molar-refractivity contribution in [1.29, 1.82) is 0 Å². The van der Waals surface area contributed by atoms with Crippen LogP contribution in [0, 0.1) is 6.92 Å². The maximum Gasteiger partial charge on any atom is 0.270 e. The van der Waals surface area contributed by atoms with Crippen LogP contribution in [0.3, 0.4) is 0 Å². The molecule has 34 heavy (non-hydrogen) atoms. The van der Waals surface area contributed by atoms with Crippen molar-refractivity contribution in [3.05, 3.63) is 80.9 Å². The number of hydrogen-bond acceptors (Lipinski definition) is 7. The molecule has 2 amide bonds. The fourth-order valence-electron chi connectivity index (χ4n) is 3.75. The van der Waals surface area contributed by atoms with E-state index in [0.29, 0.717) is 24.4 Å². The third-order valence-corrected chi connectivity index (χ3v) is 6.40. The summed E-state index contributed by atoms with van der Waals surface area (Å²) in [5, 5.41) is 9.87. The van der Waals surface area contributed by atoms with Crippen LogP contribution in [-0.4, -0.2) is 38.8 Å². The molecule has 10 heteroatoms. The van der Waals surface area contributed by atoms with Gasteiger partial charge in [-0.2, -0.15) is 5.10 Å². The molecule has 0 bridgehead atoms. The molecule has 0 unspecified atom stereocenters. The molecule has 2 N–H and O–H groups in total. The molecule has 0 radical (unpaired) electrons. The topological polar surface area (TPSA) is 115 Å². The minimum atomic E-state index is -0.420. The minimum Gasteiger partial charge on any atom is -0.486 e. The van der Waals surface area contributed by atoms with Gasteiger partial charge >= 0.3 is 0 Å². The Morgan fingerprint density at radius 3 is 2.76 bits per heavy atom. The number of Topliss-reactive ketones (excluding diaryl/α,β-unsaturated/α-hetero) is 1. The Hall–Kier alpha value is -4.05. The number of aromatic nitrogens is 3. The second-order valence-electron chi connectivity index (χ2n) is 7.95. The highest BCUT2D eigenvalue weighted by atomic mass is 32.1.